The predicted molar refractivity (Wildman–Crippen MR) is 75.0 cm³/mol. The maximum absolute atomic E-state index is 12.0. The van der Waals surface area contributed by atoms with Crippen LogP contribution < -0.4 is 14.9 Å². The van der Waals surface area contributed by atoms with Gasteiger partial charge in [0.1, 0.15) is 0 Å². The van der Waals surface area contributed by atoms with E-state index in [1.54, 1.807) is 18.2 Å². The number of amides is 1. The van der Waals surface area contributed by atoms with E-state index >= 15 is 0 Å². The summed E-state index contributed by atoms with van der Waals surface area (Å²) >= 11 is 0. The van der Waals surface area contributed by atoms with Crippen LogP contribution in [0.2, 0.25) is 0 Å². The molecule has 0 fully saturated rings. The number of nitrogens with zero attached hydrogens (tertiary/aromatic N) is 1. The van der Waals surface area contributed by atoms with E-state index in [1.165, 1.54) is 0 Å². The van der Waals surface area contributed by atoms with Crippen LogP contribution in [0, 0.1) is 5.92 Å². The van der Waals surface area contributed by atoms with Crippen LogP contribution in [0.3, 0.4) is 0 Å². The van der Waals surface area contributed by atoms with E-state index in [0.29, 0.717) is 23.0 Å². The molecule has 1 aromatic rings. The fraction of sp³-hybridized carbons (Fsp3) is 0.333. The first-order valence-electron chi connectivity index (χ1n) is 6.71. The van der Waals surface area contributed by atoms with Gasteiger partial charge >= 0.3 is 0 Å². The van der Waals surface area contributed by atoms with Gasteiger partial charge in [0.25, 0.3) is 5.91 Å². The summed E-state index contributed by atoms with van der Waals surface area (Å²) < 4.78 is 10.4. The van der Waals surface area contributed by atoms with Crippen molar-refractivity contribution in [1.82, 2.24) is 5.43 Å². The van der Waals surface area contributed by atoms with Crippen molar-refractivity contribution in [3.8, 4) is 11.5 Å². The molecule has 0 aromatic heterocycles. The summed E-state index contributed by atoms with van der Waals surface area (Å²) in [6, 6.07) is 5.09. The smallest absolute Gasteiger partial charge is 0.271 e. The van der Waals surface area contributed by atoms with Gasteiger partial charge in [-0.1, -0.05) is 12.2 Å². The Morgan fingerprint density at radius 2 is 2.20 bits per heavy atom. The lowest BCUT2D eigenvalue weighted by Gasteiger charge is -2.11. The molecule has 1 atom stereocenters. The third kappa shape index (κ3) is 2.82. The van der Waals surface area contributed by atoms with E-state index in [9.17, 15) is 4.79 Å². The quantitative estimate of drug-likeness (QED) is 0.522. The number of nitrogens with one attached hydrogen (secondary N) is 1. The lowest BCUT2D eigenvalue weighted by Crippen LogP contribution is -2.18. The van der Waals surface area contributed by atoms with Crippen molar-refractivity contribution in [3.63, 3.8) is 0 Å². The SMILES string of the molecule is O=C(N/N=C\[C@@H]1CC=CCC1)c1ccc2c(c1)OCO2. The van der Waals surface area contributed by atoms with Crippen LogP contribution in [-0.2, 0) is 0 Å². The Morgan fingerprint density at radius 1 is 1.30 bits per heavy atom. The first-order valence-corrected chi connectivity index (χ1v) is 6.71. The van der Waals surface area contributed by atoms with Crippen molar-refractivity contribution >= 4 is 12.1 Å². The van der Waals surface area contributed by atoms with Crippen molar-refractivity contribution < 1.29 is 14.3 Å². The topological polar surface area (TPSA) is 59.9 Å². The summed E-state index contributed by atoms with van der Waals surface area (Å²) in [5.41, 5.74) is 3.06. The first-order chi connectivity index (χ1) is 9.83. The number of benzene rings is 1. The highest BCUT2D eigenvalue weighted by molar-refractivity contribution is 5.95. The van der Waals surface area contributed by atoms with Gasteiger partial charge in [0.05, 0.1) is 0 Å². The second-order valence-electron chi connectivity index (χ2n) is 4.83. The van der Waals surface area contributed by atoms with Crippen molar-refractivity contribution in [1.29, 1.82) is 0 Å². The maximum Gasteiger partial charge on any atom is 0.271 e. The zero-order valence-electron chi connectivity index (χ0n) is 11.0. The van der Waals surface area contributed by atoms with Crippen molar-refractivity contribution in [3.05, 3.63) is 35.9 Å². The van der Waals surface area contributed by atoms with Gasteiger partial charge in [-0.2, -0.15) is 5.10 Å². The average Bonchev–Trinajstić information content (AvgIpc) is 2.95. The highest BCUT2D eigenvalue weighted by Gasteiger charge is 2.16. The summed E-state index contributed by atoms with van der Waals surface area (Å²) in [4.78, 5) is 12.0. The standard InChI is InChI=1S/C15H16N2O3/c18-15(17-16-9-11-4-2-1-3-5-11)12-6-7-13-14(8-12)20-10-19-13/h1-2,6-9,11H,3-5,10H2,(H,17,18)/b16-9-/t11-/m1/s1. The number of rotatable bonds is 3. The summed E-state index contributed by atoms with van der Waals surface area (Å²) in [7, 11) is 0. The molecule has 0 unspecified atom stereocenters. The number of hydrogen-bond acceptors (Lipinski definition) is 4. The predicted octanol–water partition coefficient (Wildman–Crippen LogP) is 2.49. The van der Waals surface area contributed by atoms with E-state index < -0.39 is 0 Å². The monoisotopic (exact) mass is 272 g/mol. The normalized spacial score (nSPS) is 20.3. The van der Waals surface area contributed by atoms with Crippen molar-refractivity contribution in [2.75, 3.05) is 6.79 Å². The lowest BCUT2D eigenvalue weighted by molar-refractivity contribution is 0.0954. The van der Waals surface area contributed by atoms with E-state index in [1.807, 2.05) is 6.21 Å². The zero-order valence-corrected chi connectivity index (χ0v) is 11.0. The fourth-order valence-corrected chi connectivity index (χ4v) is 2.26. The molecule has 5 nitrogen and oxygen atoms in total. The van der Waals surface area contributed by atoms with Crippen LogP contribution in [-0.4, -0.2) is 18.9 Å². The van der Waals surface area contributed by atoms with E-state index in [4.69, 9.17) is 9.47 Å². The third-order valence-corrected chi connectivity index (χ3v) is 3.40. The Hall–Kier alpha value is -2.30. The third-order valence-electron chi connectivity index (χ3n) is 3.40. The highest BCUT2D eigenvalue weighted by atomic mass is 16.7. The first kappa shape index (κ1) is 12.7. The number of carbonyl (C=O) groups is 1. The molecule has 0 spiro atoms. The van der Waals surface area contributed by atoms with Crippen LogP contribution >= 0.6 is 0 Å². The molecular formula is C15H16N2O3. The van der Waals surface area contributed by atoms with Crippen LogP contribution in [0.15, 0.2) is 35.5 Å². The molecule has 0 radical (unpaired) electrons. The summed E-state index contributed by atoms with van der Waals surface area (Å²) in [5, 5.41) is 4.03. The molecule has 5 heteroatoms. The van der Waals surface area contributed by atoms with Crippen molar-refractivity contribution in [2.24, 2.45) is 11.0 Å². The minimum absolute atomic E-state index is 0.202. The minimum atomic E-state index is -0.245. The number of carbonyl (C=O) groups excluding carboxylic acids is 1. The van der Waals surface area contributed by atoms with Crippen molar-refractivity contribution in [2.45, 2.75) is 19.3 Å². The zero-order chi connectivity index (χ0) is 13.8. The Balaban J connectivity index is 1.59. The average molecular weight is 272 g/mol. The summed E-state index contributed by atoms with van der Waals surface area (Å²) in [5.74, 6) is 1.43. The van der Waals surface area contributed by atoms with Gasteiger partial charge in [-0.3, -0.25) is 4.79 Å². The molecule has 3 rings (SSSR count). The van der Waals surface area contributed by atoms with Crippen LogP contribution in [0.25, 0.3) is 0 Å². The lowest BCUT2D eigenvalue weighted by atomic mass is 9.96. The maximum atomic E-state index is 12.0. The summed E-state index contributed by atoms with van der Waals surface area (Å²) in [6.45, 7) is 0.202. The molecule has 20 heavy (non-hydrogen) atoms. The molecule has 1 aliphatic heterocycles. The number of fused-ring (bicyclic) bond motifs is 1. The summed E-state index contributed by atoms with van der Waals surface area (Å²) in [6.07, 6.45) is 9.29. The molecule has 0 saturated carbocycles. The molecule has 0 bridgehead atoms. The molecule has 104 valence electrons. The second-order valence-corrected chi connectivity index (χ2v) is 4.83. The van der Waals surface area contributed by atoms with Crippen LogP contribution in [0.4, 0.5) is 0 Å². The Kier molecular flexibility index (Phi) is 3.67. The minimum Gasteiger partial charge on any atom is -0.454 e. The van der Waals surface area contributed by atoms with Gasteiger partial charge in [0.2, 0.25) is 6.79 Å². The van der Waals surface area contributed by atoms with E-state index in [-0.39, 0.29) is 12.7 Å². The van der Waals surface area contributed by atoms with Gasteiger partial charge in [-0.15, -0.1) is 0 Å². The fourth-order valence-electron chi connectivity index (χ4n) is 2.26. The molecule has 1 heterocycles. The largest absolute Gasteiger partial charge is 0.454 e. The van der Waals surface area contributed by atoms with Crippen LogP contribution in [0.5, 0.6) is 11.5 Å². The number of hydrogen-bond donors (Lipinski definition) is 1. The molecular weight excluding hydrogens is 256 g/mol. The van der Waals surface area contributed by atoms with E-state index in [0.717, 1.165) is 19.3 Å². The second kappa shape index (κ2) is 5.77. The Bertz CT molecular complexity index is 566. The Labute approximate surface area is 117 Å². The van der Waals surface area contributed by atoms with Gasteiger partial charge in [-0.25, -0.2) is 5.43 Å². The number of hydrazone groups is 1. The highest BCUT2D eigenvalue weighted by Crippen LogP contribution is 2.32. The van der Waals surface area contributed by atoms with E-state index in [2.05, 4.69) is 22.7 Å². The molecule has 1 aromatic carbocycles. The number of ether oxygens (including phenoxy) is 2. The molecule has 1 amide bonds. The van der Waals surface area contributed by atoms with Gasteiger partial charge in [0, 0.05) is 11.8 Å². The molecule has 1 N–H and O–H groups in total. The molecule has 1 aliphatic carbocycles. The Morgan fingerprint density at radius 3 is 3.05 bits per heavy atom. The molecule has 2 aliphatic rings. The molecule has 0 saturated heterocycles. The van der Waals surface area contributed by atoms with Gasteiger partial charge in [0.15, 0.2) is 11.5 Å². The van der Waals surface area contributed by atoms with Crippen LogP contribution in [0.1, 0.15) is 29.6 Å². The number of allylic oxidation sites excluding steroid dienone is 2. The van der Waals surface area contributed by atoms with Gasteiger partial charge in [-0.05, 0) is 43.4 Å². The van der Waals surface area contributed by atoms with Gasteiger partial charge < -0.3 is 9.47 Å².